The van der Waals surface area contributed by atoms with Crippen molar-refractivity contribution in [2.45, 2.75) is 6.18 Å². The van der Waals surface area contributed by atoms with E-state index in [0.717, 1.165) is 5.51 Å². The average molecular weight is 341 g/mol. The molecule has 0 saturated heterocycles. The monoisotopic (exact) mass is 340 g/mol. The van der Waals surface area contributed by atoms with Crippen molar-refractivity contribution in [1.29, 1.82) is 0 Å². The molecule has 0 unspecified atom stereocenters. The maximum atomic E-state index is 12.7. The minimum Gasteiger partial charge on any atom is -0.319 e. The molecule has 0 radical (unpaired) electrons. The highest BCUT2D eigenvalue weighted by atomic mass is 35.5. The number of aromatic nitrogens is 1. The molecule has 0 fully saturated rings. The van der Waals surface area contributed by atoms with Gasteiger partial charge in [-0.05, 0) is 12.1 Å². The summed E-state index contributed by atoms with van der Waals surface area (Å²) in [6.07, 6.45) is -4.70. The van der Waals surface area contributed by atoms with Crippen LogP contribution in [0.15, 0.2) is 23.7 Å². The second-order valence-electron chi connectivity index (χ2n) is 3.58. The first-order valence-electron chi connectivity index (χ1n) is 5.06. The number of halogens is 5. The van der Waals surface area contributed by atoms with E-state index in [9.17, 15) is 18.0 Å². The Hall–Kier alpha value is -1.31. The lowest BCUT2D eigenvalue weighted by molar-refractivity contribution is -0.141. The van der Waals surface area contributed by atoms with Crippen molar-refractivity contribution in [3.63, 3.8) is 0 Å². The van der Waals surface area contributed by atoms with Gasteiger partial charge in [0, 0.05) is 0 Å². The molecule has 1 aromatic carbocycles. The number of amides is 1. The molecule has 106 valence electrons. The zero-order chi connectivity index (χ0) is 14.9. The Labute approximate surface area is 125 Å². The van der Waals surface area contributed by atoms with E-state index < -0.39 is 22.7 Å². The van der Waals surface area contributed by atoms with E-state index >= 15 is 0 Å². The van der Waals surface area contributed by atoms with Crippen molar-refractivity contribution in [2.24, 2.45) is 0 Å². The summed E-state index contributed by atoms with van der Waals surface area (Å²) in [7, 11) is 0. The highest BCUT2D eigenvalue weighted by Crippen LogP contribution is 2.34. The number of thiazole rings is 1. The summed E-state index contributed by atoms with van der Waals surface area (Å²) in [4.78, 5) is 14.5. The smallest absolute Gasteiger partial charge is 0.319 e. The molecule has 0 atom stereocenters. The Balaban J connectivity index is 2.32. The van der Waals surface area contributed by atoms with Gasteiger partial charge in [0.1, 0.15) is 4.88 Å². The third-order valence-corrected chi connectivity index (χ3v) is 3.70. The van der Waals surface area contributed by atoms with E-state index in [1.807, 2.05) is 0 Å². The first kappa shape index (κ1) is 15.1. The van der Waals surface area contributed by atoms with Crippen molar-refractivity contribution in [1.82, 2.24) is 4.98 Å². The van der Waals surface area contributed by atoms with Crippen molar-refractivity contribution < 1.29 is 18.0 Å². The summed E-state index contributed by atoms with van der Waals surface area (Å²) < 4.78 is 38.0. The fourth-order valence-corrected chi connectivity index (χ4v) is 2.59. The van der Waals surface area contributed by atoms with Crippen LogP contribution >= 0.6 is 34.5 Å². The molecule has 9 heteroatoms. The van der Waals surface area contributed by atoms with Gasteiger partial charge in [0.25, 0.3) is 5.91 Å². The minimum absolute atomic E-state index is 0.0577. The summed E-state index contributed by atoms with van der Waals surface area (Å²) in [6.45, 7) is 0. The number of carbonyl (C=O) groups is 1. The Bertz CT molecular complexity index is 637. The summed E-state index contributed by atoms with van der Waals surface area (Å²) >= 11 is 12.2. The van der Waals surface area contributed by atoms with Gasteiger partial charge in [-0.1, -0.05) is 29.3 Å². The molecule has 0 bridgehead atoms. The van der Waals surface area contributed by atoms with Gasteiger partial charge in [-0.15, -0.1) is 11.3 Å². The molecule has 1 N–H and O–H groups in total. The van der Waals surface area contributed by atoms with E-state index in [4.69, 9.17) is 23.2 Å². The van der Waals surface area contributed by atoms with Gasteiger partial charge in [-0.3, -0.25) is 4.79 Å². The number of hydrogen-bond donors (Lipinski definition) is 1. The van der Waals surface area contributed by atoms with Crippen LogP contribution in [-0.4, -0.2) is 10.9 Å². The van der Waals surface area contributed by atoms with Crippen LogP contribution < -0.4 is 5.32 Å². The van der Waals surface area contributed by atoms with Crippen molar-refractivity contribution >= 4 is 46.1 Å². The quantitative estimate of drug-likeness (QED) is 0.859. The van der Waals surface area contributed by atoms with Crippen LogP contribution in [-0.2, 0) is 6.18 Å². The molecule has 1 amide bonds. The van der Waals surface area contributed by atoms with E-state index in [2.05, 4.69) is 10.3 Å². The zero-order valence-electron chi connectivity index (χ0n) is 9.46. The van der Waals surface area contributed by atoms with Gasteiger partial charge in [0.15, 0.2) is 5.69 Å². The van der Waals surface area contributed by atoms with Gasteiger partial charge >= 0.3 is 6.18 Å². The van der Waals surface area contributed by atoms with Gasteiger partial charge in [0.05, 0.1) is 21.2 Å². The standard InChI is InChI=1S/C11H5Cl2F3N2OS/c12-5-2-1-3-6(13)7(5)18-10(19)8-9(11(14,15)16)17-4-20-8/h1-4H,(H,18,19). The van der Waals surface area contributed by atoms with Crippen LogP contribution in [0.2, 0.25) is 10.0 Å². The fourth-order valence-electron chi connectivity index (χ4n) is 1.40. The molecule has 0 aliphatic heterocycles. The van der Waals surface area contributed by atoms with Crippen molar-refractivity contribution in [3.8, 4) is 0 Å². The van der Waals surface area contributed by atoms with Crippen LogP contribution in [0.4, 0.5) is 18.9 Å². The van der Waals surface area contributed by atoms with Crippen LogP contribution in [0.1, 0.15) is 15.4 Å². The van der Waals surface area contributed by atoms with Crippen LogP contribution in [0.3, 0.4) is 0 Å². The maximum Gasteiger partial charge on any atom is 0.434 e. The Kier molecular flexibility index (Phi) is 4.22. The Morgan fingerprint density at radius 2 is 1.85 bits per heavy atom. The van der Waals surface area contributed by atoms with Crippen LogP contribution in [0.5, 0.6) is 0 Å². The molecule has 0 aliphatic carbocycles. The van der Waals surface area contributed by atoms with E-state index in [0.29, 0.717) is 11.3 Å². The number of anilines is 1. The fraction of sp³-hybridized carbons (Fsp3) is 0.0909. The lowest BCUT2D eigenvalue weighted by Crippen LogP contribution is -2.17. The van der Waals surface area contributed by atoms with Crippen molar-refractivity contribution in [2.75, 3.05) is 5.32 Å². The molecule has 2 rings (SSSR count). The Morgan fingerprint density at radius 1 is 1.25 bits per heavy atom. The molecule has 1 heterocycles. The van der Waals surface area contributed by atoms with Crippen LogP contribution in [0, 0.1) is 0 Å². The number of carbonyl (C=O) groups excluding carboxylic acids is 1. The summed E-state index contributed by atoms with van der Waals surface area (Å²) in [5.41, 5.74) is -0.225. The van der Waals surface area contributed by atoms with E-state index in [1.54, 1.807) is 6.07 Å². The number of para-hydroxylation sites is 1. The minimum atomic E-state index is -4.70. The average Bonchev–Trinajstić information content (AvgIpc) is 2.82. The summed E-state index contributed by atoms with van der Waals surface area (Å²) in [5.74, 6) is -0.963. The molecular formula is C11H5Cl2F3N2OS. The third-order valence-electron chi connectivity index (χ3n) is 2.24. The highest BCUT2D eigenvalue weighted by molar-refractivity contribution is 7.12. The topological polar surface area (TPSA) is 42.0 Å². The zero-order valence-corrected chi connectivity index (χ0v) is 11.8. The number of benzene rings is 1. The van der Waals surface area contributed by atoms with Crippen LogP contribution in [0.25, 0.3) is 0 Å². The molecule has 0 saturated carbocycles. The third kappa shape index (κ3) is 3.05. The maximum absolute atomic E-state index is 12.7. The molecule has 20 heavy (non-hydrogen) atoms. The number of nitrogens with zero attached hydrogens (tertiary/aromatic N) is 1. The van der Waals surface area contributed by atoms with Crippen molar-refractivity contribution in [3.05, 3.63) is 44.3 Å². The SMILES string of the molecule is O=C(Nc1c(Cl)cccc1Cl)c1scnc1C(F)(F)F. The summed E-state index contributed by atoms with van der Waals surface area (Å²) in [5, 5.41) is 2.52. The second-order valence-corrected chi connectivity index (χ2v) is 5.25. The number of nitrogens with one attached hydrogen (secondary N) is 1. The summed E-state index contributed by atoms with van der Waals surface area (Å²) in [6, 6.07) is 4.47. The predicted octanol–water partition coefficient (Wildman–Crippen LogP) is 4.72. The molecule has 0 aliphatic rings. The highest BCUT2D eigenvalue weighted by Gasteiger charge is 2.38. The molecular weight excluding hydrogens is 336 g/mol. The first-order chi connectivity index (χ1) is 9.30. The van der Waals surface area contributed by atoms with Gasteiger partial charge < -0.3 is 5.32 Å². The molecule has 3 nitrogen and oxygen atoms in total. The first-order valence-corrected chi connectivity index (χ1v) is 6.70. The van der Waals surface area contributed by atoms with Gasteiger partial charge in [0.2, 0.25) is 0 Å². The molecule has 0 spiro atoms. The number of alkyl halides is 3. The molecule has 1 aromatic heterocycles. The lowest BCUT2D eigenvalue weighted by atomic mass is 10.3. The Morgan fingerprint density at radius 3 is 2.40 bits per heavy atom. The second kappa shape index (κ2) is 5.59. The van der Waals surface area contributed by atoms with Gasteiger partial charge in [-0.2, -0.15) is 13.2 Å². The van der Waals surface area contributed by atoms with E-state index in [-0.39, 0.29) is 15.7 Å². The number of hydrogen-bond acceptors (Lipinski definition) is 3. The largest absolute Gasteiger partial charge is 0.434 e. The van der Waals surface area contributed by atoms with E-state index in [1.165, 1.54) is 12.1 Å². The lowest BCUT2D eigenvalue weighted by Gasteiger charge is -2.10. The normalized spacial score (nSPS) is 11.4. The predicted molar refractivity (Wildman–Crippen MR) is 71.5 cm³/mol. The van der Waals surface area contributed by atoms with Gasteiger partial charge in [-0.25, -0.2) is 4.98 Å². The number of rotatable bonds is 2. The molecule has 2 aromatic rings.